The van der Waals surface area contributed by atoms with Gasteiger partial charge in [-0.15, -0.1) is 0 Å². The predicted octanol–water partition coefficient (Wildman–Crippen LogP) is 1.01. The Morgan fingerprint density at radius 1 is 1.15 bits per heavy atom. The van der Waals surface area contributed by atoms with Gasteiger partial charge in [0.25, 0.3) is 0 Å². The Bertz CT molecular complexity index is 270. The normalized spacial score (nSPS) is 57.3. The number of carboxylic acid groups (broad SMARTS) is 1. The molecule has 4 saturated carbocycles. The van der Waals surface area contributed by atoms with Crippen molar-refractivity contribution >= 4 is 5.97 Å². The Morgan fingerprint density at radius 3 is 2.08 bits per heavy atom. The van der Waals surface area contributed by atoms with Crippen LogP contribution in [0, 0.1) is 17.3 Å². The van der Waals surface area contributed by atoms with Crippen LogP contribution >= 0.6 is 0 Å². The first kappa shape index (κ1) is 7.80. The number of carboxylic acids is 1. The summed E-state index contributed by atoms with van der Waals surface area (Å²) in [6.07, 6.45) is 4.05. The average molecular weight is 182 g/mol. The summed E-state index contributed by atoms with van der Waals surface area (Å²) >= 11 is 0. The van der Waals surface area contributed by atoms with Gasteiger partial charge in [-0.05, 0) is 43.9 Å². The summed E-state index contributed by atoms with van der Waals surface area (Å²) in [5, 5.41) is 19.5. The molecule has 4 aliphatic rings. The van der Waals surface area contributed by atoms with Crippen LogP contribution in [0.4, 0.5) is 0 Å². The molecule has 72 valence electrons. The topological polar surface area (TPSA) is 57.5 Å². The van der Waals surface area contributed by atoms with Crippen LogP contribution in [0.15, 0.2) is 0 Å². The van der Waals surface area contributed by atoms with Crippen LogP contribution < -0.4 is 0 Å². The van der Waals surface area contributed by atoms with E-state index >= 15 is 0 Å². The van der Waals surface area contributed by atoms with Crippen LogP contribution in [0.25, 0.3) is 0 Å². The Labute approximate surface area is 76.8 Å². The summed E-state index contributed by atoms with van der Waals surface area (Å²) in [4.78, 5) is 11.2. The van der Waals surface area contributed by atoms with Crippen LogP contribution in [0.1, 0.15) is 32.1 Å². The highest BCUT2D eigenvalue weighted by Crippen LogP contribution is 2.67. The van der Waals surface area contributed by atoms with Gasteiger partial charge >= 0.3 is 5.97 Å². The highest BCUT2D eigenvalue weighted by atomic mass is 16.4. The van der Waals surface area contributed by atoms with E-state index in [2.05, 4.69) is 0 Å². The third-order valence-corrected chi connectivity index (χ3v) is 4.49. The molecule has 4 aliphatic carbocycles. The number of hydrogen-bond donors (Lipinski definition) is 2. The fourth-order valence-electron chi connectivity index (χ4n) is 4.20. The van der Waals surface area contributed by atoms with Crippen molar-refractivity contribution in [3.63, 3.8) is 0 Å². The first-order valence-electron chi connectivity index (χ1n) is 5.02. The first-order chi connectivity index (χ1) is 6.06. The molecule has 0 aliphatic heterocycles. The summed E-state index contributed by atoms with van der Waals surface area (Å²) in [6.45, 7) is 0. The van der Waals surface area contributed by atoms with Crippen molar-refractivity contribution in [2.24, 2.45) is 17.3 Å². The van der Waals surface area contributed by atoms with E-state index in [1.165, 1.54) is 0 Å². The maximum Gasteiger partial charge on any atom is 0.312 e. The molecule has 0 amide bonds. The second-order valence-corrected chi connectivity index (χ2v) is 5.20. The molecular formula is C10H14O3. The van der Waals surface area contributed by atoms with Gasteiger partial charge in [-0.2, -0.15) is 0 Å². The summed E-state index contributed by atoms with van der Waals surface area (Å²) < 4.78 is 0. The molecule has 2 atom stereocenters. The molecule has 0 heterocycles. The van der Waals surface area contributed by atoms with Crippen LogP contribution in [-0.2, 0) is 4.79 Å². The fourth-order valence-corrected chi connectivity index (χ4v) is 4.20. The zero-order valence-corrected chi connectivity index (χ0v) is 7.49. The summed E-state index contributed by atoms with van der Waals surface area (Å²) in [5.74, 6) is 0.196. The molecule has 0 aromatic carbocycles. The lowest BCUT2D eigenvalue weighted by atomic mass is 9.75. The average Bonchev–Trinajstić information content (AvgIpc) is 2.30. The highest BCUT2D eigenvalue weighted by Gasteiger charge is 2.70. The molecule has 13 heavy (non-hydrogen) atoms. The van der Waals surface area contributed by atoms with Gasteiger partial charge in [0.15, 0.2) is 0 Å². The molecule has 2 N–H and O–H groups in total. The smallest absolute Gasteiger partial charge is 0.312 e. The van der Waals surface area contributed by atoms with Crippen LogP contribution in [-0.4, -0.2) is 21.8 Å². The Hall–Kier alpha value is -0.570. The second kappa shape index (κ2) is 1.92. The maximum absolute atomic E-state index is 11.2. The van der Waals surface area contributed by atoms with Crippen molar-refractivity contribution < 1.29 is 15.0 Å². The fraction of sp³-hybridized carbons (Fsp3) is 0.900. The number of aliphatic carboxylic acids is 1. The van der Waals surface area contributed by atoms with Gasteiger partial charge in [0, 0.05) is 0 Å². The van der Waals surface area contributed by atoms with E-state index in [1.54, 1.807) is 0 Å². The molecule has 0 aromatic heterocycles. The quantitative estimate of drug-likeness (QED) is 0.636. The van der Waals surface area contributed by atoms with E-state index < -0.39 is 17.0 Å². The molecule has 2 unspecified atom stereocenters. The molecule has 3 nitrogen and oxygen atoms in total. The highest BCUT2D eigenvalue weighted by molar-refractivity contribution is 5.78. The minimum atomic E-state index is -0.855. The number of carbonyl (C=O) groups is 1. The molecule has 0 saturated heterocycles. The van der Waals surface area contributed by atoms with Crippen LogP contribution in [0.2, 0.25) is 0 Å². The molecule has 4 rings (SSSR count). The van der Waals surface area contributed by atoms with Gasteiger partial charge in [-0.1, -0.05) is 0 Å². The van der Waals surface area contributed by atoms with Crippen molar-refractivity contribution in [2.75, 3.05) is 0 Å². The van der Waals surface area contributed by atoms with Crippen molar-refractivity contribution in [3.05, 3.63) is 0 Å². The summed E-state index contributed by atoms with van der Waals surface area (Å²) in [5.41, 5.74) is -1.62. The molecule has 0 aromatic rings. The largest absolute Gasteiger partial charge is 0.481 e. The lowest BCUT2D eigenvalue weighted by Gasteiger charge is -2.31. The lowest BCUT2D eigenvalue weighted by Crippen LogP contribution is -2.44. The van der Waals surface area contributed by atoms with Gasteiger partial charge in [-0.25, -0.2) is 0 Å². The van der Waals surface area contributed by atoms with Gasteiger partial charge < -0.3 is 10.2 Å². The van der Waals surface area contributed by atoms with Gasteiger partial charge in [-0.3, -0.25) is 4.79 Å². The van der Waals surface area contributed by atoms with Crippen molar-refractivity contribution in [3.8, 4) is 0 Å². The summed E-state index contributed by atoms with van der Waals surface area (Å²) in [7, 11) is 0. The van der Waals surface area contributed by atoms with E-state index in [9.17, 15) is 15.0 Å². The molecule has 4 fully saturated rings. The van der Waals surface area contributed by atoms with Crippen molar-refractivity contribution in [1.29, 1.82) is 0 Å². The molecule has 3 heteroatoms. The Morgan fingerprint density at radius 2 is 1.69 bits per heavy atom. The van der Waals surface area contributed by atoms with Crippen LogP contribution in [0.3, 0.4) is 0 Å². The Kier molecular flexibility index (Phi) is 1.15. The molecule has 4 bridgehead atoms. The van der Waals surface area contributed by atoms with Gasteiger partial charge in [0.2, 0.25) is 0 Å². The molecule has 0 spiro atoms. The van der Waals surface area contributed by atoms with E-state index in [0.29, 0.717) is 11.8 Å². The zero-order chi connectivity index (χ0) is 9.27. The zero-order valence-electron chi connectivity index (χ0n) is 7.49. The second-order valence-electron chi connectivity index (χ2n) is 5.20. The number of hydrogen-bond acceptors (Lipinski definition) is 2. The van der Waals surface area contributed by atoms with E-state index in [4.69, 9.17) is 0 Å². The monoisotopic (exact) mass is 182 g/mol. The number of aliphatic hydroxyl groups is 1. The third kappa shape index (κ3) is 0.688. The van der Waals surface area contributed by atoms with Gasteiger partial charge in [0.05, 0.1) is 11.0 Å². The SMILES string of the molecule is O=C(O)C12CC3CC(CC1(O)C3)C2. The van der Waals surface area contributed by atoms with E-state index in [-0.39, 0.29) is 0 Å². The summed E-state index contributed by atoms with van der Waals surface area (Å²) in [6, 6.07) is 0. The van der Waals surface area contributed by atoms with Crippen molar-refractivity contribution in [1.82, 2.24) is 0 Å². The lowest BCUT2D eigenvalue weighted by molar-refractivity contribution is -0.160. The molecular weight excluding hydrogens is 168 g/mol. The standard InChI is InChI=1S/C10H14O3/c11-8(12)9-2-6-1-7(3-9)5-10(9,13)4-6/h6-7,13H,1-5H2,(H,11,12). The molecule has 0 radical (unpaired) electrons. The minimum absolute atomic E-state index is 0.480. The van der Waals surface area contributed by atoms with Crippen molar-refractivity contribution in [2.45, 2.75) is 37.7 Å². The third-order valence-electron chi connectivity index (χ3n) is 4.49. The van der Waals surface area contributed by atoms with E-state index in [0.717, 1.165) is 32.1 Å². The minimum Gasteiger partial charge on any atom is -0.481 e. The maximum atomic E-state index is 11.2. The first-order valence-corrected chi connectivity index (χ1v) is 5.02. The number of rotatable bonds is 1. The van der Waals surface area contributed by atoms with E-state index in [1.807, 2.05) is 0 Å². The van der Waals surface area contributed by atoms with Crippen LogP contribution in [0.5, 0.6) is 0 Å². The predicted molar refractivity (Wildman–Crippen MR) is 45.1 cm³/mol. The Balaban J connectivity index is 2.11. The van der Waals surface area contributed by atoms with Gasteiger partial charge in [0.1, 0.15) is 0 Å².